The fraction of sp³-hybridized carbons (Fsp3) is 0.125. The van der Waals surface area contributed by atoms with Crippen molar-refractivity contribution in [2.75, 3.05) is 5.32 Å². The number of hydrogen-bond donors (Lipinski definition) is 2. The van der Waals surface area contributed by atoms with E-state index in [4.69, 9.17) is 10.4 Å². The first-order chi connectivity index (χ1) is 10.0. The lowest BCUT2D eigenvalue weighted by Crippen LogP contribution is -2.04. The van der Waals surface area contributed by atoms with Gasteiger partial charge < -0.3 is 10.4 Å². The molecule has 2 N–H and O–H groups in total. The molecule has 0 aliphatic carbocycles. The van der Waals surface area contributed by atoms with Crippen LogP contribution in [0.5, 0.6) is 0 Å². The molecule has 0 heterocycles. The van der Waals surface area contributed by atoms with Crippen molar-refractivity contribution >= 4 is 11.7 Å². The number of carboxylic acids is 1. The number of carbonyl (C=O) groups is 1. The molecule has 4 nitrogen and oxygen atoms in total. The third-order valence-corrected chi connectivity index (χ3v) is 3.12. The highest BCUT2D eigenvalue weighted by atomic mass is 19.1. The monoisotopic (exact) mass is 284 g/mol. The van der Waals surface area contributed by atoms with E-state index in [9.17, 15) is 9.18 Å². The molecule has 106 valence electrons. The van der Waals surface area contributed by atoms with Crippen molar-refractivity contribution in [3.8, 4) is 6.07 Å². The first kappa shape index (κ1) is 14.5. The van der Waals surface area contributed by atoms with E-state index >= 15 is 0 Å². The van der Waals surface area contributed by atoms with Crippen LogP contribution in [0.3, 0.4) is 0 Å². The van der Waals surface area contributed by atoms with Crippen molar-refractivity contribution in [3.05, 3.63) is 64.5 Å². The summed E-state index contributed by atoms with van der Waals surface area (Å²) in [5.74, 6) is -1.54. The van der Waals surface area contributed by atoms with E-state index < -0.39 is 11.8 Å². The van der Waals surface area contributed by atoms with E-state index in [2.05, 4.69) is 5.32 Å². The summed E-state index contributed by atoms with van der Waals surface area (Å²) in [4.78, 5) is 11.0. The molecular weight excluding hydrogens is 271 g/mol. The van der Waals surface area contributed by atoms with E-state index in [0.29, 0.717) is 12.2 Å². The van der Waals surface area contributed by atoms with Crippen LogP contribution < -0.4 is 5.32 Å². The van der Waals surface area contributed by atoms with Crippen LogP contribution in [0.4, 0.5) is 10.1 Å². The van der Waals surface area contributed by atoms with Crippen LogP contribution in [-0.4, -0.2) is 11.1 Å². The first-order valence-corrected chi connectivity index (χ1v) is 6.27. The Balaban J connectivity index is 2.18. The highest BCUT2D eigenvalue weighted by Gasteiger charge is 2.07. The summed E-state index contributed by atoms with van der Waals surface area (Å²) in [7, 11) is 0. The maximum atomic E-state index is 13.2. The van der Waals surface area contributed by atoms with Gasteiger partial charge in [0.2, 0.25) is 0 Å². The minimum Gasteiger partial charge on any atom is -0.478 e. The van der Waals surface area contributed by atoms with Gasteiger partial charge in [-0.25, -0.2) is 9.18 Å². The summed E-state index contributed by atoms with van der Waals surface area (Å²) < 4.78 is 13.2. The van der Waals surface area contributed by atoms with Crippen LogP contribution in [0.15, 0.2) is 36.4 Å². The van der Waals surface area contributed by atoms with Crippen molar-refractivity contribution in [3.63, 3.8) is 0 Å². The van der Waals surface area contributed by atoms with E-state index in [1.807, 2.05) is 6.92 Å². The summed E-state index contributed by atoms with van der Waals surface area (Å²) in [5, 5.41) is 20.9. The zero-order chi connectivity index (χ0) is 15.4. The van der Waals surface area contributed by atoms with Gasteiger partial charge in [-0.1, -0.05) is 12.1 Å². The van der Waals surface area contributed by atoms with Gasteiger partial charge in [-0.2, -0.15) is 5.26 Å². The quantitative estimate of drug-likeness (QED) is 0.903. The van der Waals surface area contributed by atoms with Crippen molar-refractivity contribution < 1.29 is 14.3 Å². The molecule has 2 rings (SSSR count). The lowest BCUT2D eigenvalue weighted by atomic mass is 10.1. The zero-order valence-electron chi connectivity index (χ0n) is 11.4. The molecule has 0 fully saturated rings. The normalized spacial score (nSPS) is 9.95. The topological polar surface area (TPSA) is 73.1 Å². The Morgan fingerprint density at radius 3 is 2.76 bits per heavy atom. The predicted octanol–water partition coefficient (Wildman–Crippen LogP) is 3.32. The summed E-state index contributed by atoms with van der Waals surface area (Å²) in [6, 6.07) is 10.9. The van der Waals surface area contributed by atoms with Crippen LogP contribution in [0.2, 0.25) is 0 Å². The first-order valence-electron chi connectivity index (χ1n) is 6.27. The summed E-state index contributed by atoms with van der Waals surface area (Å²) in [5.41, 5.74) is 2.53. The second-order valence-electron chi connectivity index (χ2n) is 4.61. The van der Waals surface area contributed by atoms with Crippen LogP contribution >= 0.6 is 0 Å². The molecule has 0 unspecified atom stereocenters. The van der Waals surface area contributed by atoms with E-state index in [1.54, 1.807) is 24.3 Å². The molecule has 0 saturated carbocycles. The number of rotatable bonds is 4. The Morgan fingerprint density at radius 1 is 1.33 bits per heavy atom. The third-order valence-electron chi connectivity index (χ3n) is 3.12. The smallest absolute Gasteiger partial charge is 0.335 e. The van der Waals surface area contributed by atoms with Crippen LogP contribution in [0.1, 0.15) is 27.0 Å². The van der Waals surface area contributed by atoms with Crippen molar-refractivity contribution in [2.24, 2.45) is 0 Å². The molecule has 2 aromatic carbocycles. The summed E-state index contributed by atoms with van der Waals surface area (Å²) >= 11 is 0. The zero-order valence-corrected chi connectivity index (χ0v) is 11.4. The van der Waals surface area contributed by atoms with Gasteiger partial charge in [-0.15, -0.1) is 0 Å². The lowest BCUT2D eigenvalue weighted by molar-refractivity contribution is 0.0697. The third kappa shape index (κ3) is 3.37. The highest BCUT2D eigenvalue weighted by Crippen LogP contribution is 2.18. The largest absolute Gasteiger partial charge is 0.478 e. The summed E-state index contributed by atoms with van der Waals surface area (Å²) in [6.07, 6.45) is 0. The van der Waals surface area contributed by atoms with E-state index in [1.165, 1.54) is 18.2 Å². The number of aryl methyl sites for hydroxylation is 1. The van der Waals surface area contributed by atoms with E-state index in [-0.39, 0.29) is 11.1 Å². The van der Waals surface area contributed by atoms with Gasteiger partial charge in [0.1, 0.15) is 11.9 Å². The second-order valence-corrected chi connectivity index (χ2v) is 4.61. The maximum Gasteiger partial charge on any atom is 0.335 e. The Labute approximate surface area is 121 Å². The van der Waals surface area contributed by atoms with Gasteiger partial charge in [0, 0.05) is 12.2 Å². The number of benzene rings is 2. The van der Waals surface area contributed by atoms with Crippen LogP contribution in [0, 0.1) is 24.1 Å². The average molecular weight is 284 g/mol. The molecule has 21 heavy (non-hydrogen) atoms. The molecule has 0 radical (unpaired) electrons. The van der Waals surface area contributed by atoms with Crippen molar-refractivity contribution in [2.45, 2.75) is 13.5 Å². The maximum absolute atomic E-state index is 13.2. The molecule has 0 bridgehead atoms. The van der Waals surface area contributed by atoms with Crippen LogP contribution in [-0.2, 0) is 6.54 Å². The molecule has 0 aromatic heterocycles. The molecule has 0 aliphatic rings. The van der Waals surface area contributed by atoms with Crippen LogP contribution in [0.25, 0.3) is 0 Å². The number of carboxylic acid groups (broad SMARTS) is 1. The molecule has 0 aliphatic heterocycles. The number of aromatic carboxylic acids is 1. The number of nitriles is 1. The SMILES string of the molecule is Cc1ccc(C(=O)O)cc1NCc1ccc(F)c(C#N)c1. The number of halogens is 1. The Bertz CT molecular complexity index is 736. The minimum atomic E-state index is -0.994. The standard InChI is InChI=1S/C16H13FN2O2/c1-10-2-4-12(16(20)21)7-15(10)19-9-11-3-5-14(17)13(6-11)8-18/h2-7,19H,9H2,1H3,(H,20,21). The van der Waals surface area contributed by atoms with Crippen molar-refractivity contribution in [1.29, 1.82) is 5.26 Å². The van der Waals surface area contributed by atoms with Gasteiger partial charge in [-0.05, 0) is 42.3 Å². The molecule has 5 heteroatoms. The summed E-state index contributed by atoms with van der Waals surface area (Å²) in [6.45, 7) is 2.23. The molecule has 0 spiro atoms. The van der Waals surface area contributed by atoms with Gasteiger partial charge in [0.15, 0.2) is 0 Å². The van der Waals surface area contributed by atoms with Gasteiger partial charge in [0.05, 0.1) is 11.1 Å². The fourth-order valence-electron chi connectivity index (χ4n) is 1.91. The number of anilines is 1. The molecule has 0 amide bonds. The predicted molar refractivity (Wildman–Crippen MR) is 76.6 cm³/mol. The lowest BCUT2D eigenvalue weighted by Gasteiger charge is -2.11. The Morgan fingerprint density at radius 2 is 2.10 bits per heavy atom. The number of nitrogens with zero attached hydrogens (tertiary/aromatic N) is 1. The van der Waals surface area contributed by atoms with Gasteiger partial charge in [-0.3, -0.25) is 0 Å². The Kier molecular flexibility index (Phi) is 4.19. The molecule has 0 saturated heterocycles. The Hall–Kier alpha value is -2.87. The van der Waals surface area contributed by atoms with Gasteiger partial charge >= 0.3 is 5.97 Å². The molecular formula is C16H13FN2O2. The molecule has 0 atom stereocenters. The fourth-order valence-corrected chi connectivity index (χ4v) is 1.91. The van der Waals surface area contributed by atoms with Crippen molar-refractivity contribution in [1.82, 2.24) is 0 Å². The van der Waals surface area contributed by atoms with Gasteiger partial charge in [0.25, 0.3) is 0 Å². The van der Waals surface area contributed by atoms with E-state index in [0.717, 1.165) is 11.1 Å². The number of hydrogen-bond acceptors (Lipinski definition) is 3. The molecule has 2 aromatic rings. The second kappa shape index (κ2) is 6.06. The number of nitrogens with one attached hydrogen (secondary N) is 1. The minimum absolute atomic E-state index is 0.00897. The highest BCUT2D eigenvalue weighted by molar-refractivity contribution is 5.89. The average Bonchev–Trinajstić information content (AvgIpc) is 2.47.